The predicted octanol–water partition coefficient (Wildman–Crippen LogP) is 4.72. The highest BCUT2D eigenvalue weighted by Crippen LogP contribution is 2.19. The lowest BCUT2D eigenvalue weighted by atomic mass is 10.1. The Morgan fingerprint density at radius 3 is 2.41 bits per heavy atom. The van der Waals surface area contributed by atoms with Crippen molar-refractivity contribution in [1.82, 2.24) is 0 Å². The van der Waals surface area contributed by atoms with E-state index in [9.17, 15) is 0 Å². The molecule has 0 aromatic rings. The van der Waals surface area contributed by atoms with E-state index in [1.165, 1.54) is 44.9 Å². The molecule has 2 atom stereocenters. The van der Waals surface area contributed by atoms with E-state index in [0.29, 0.717) is 10.5 Å². The van der Waals surface area contributed by atoms with Crippen LogP contribution in [0.2, 0.25) is 0 Å². The predicted molar refractivity (Wildman–Crippen MR) is 82.7 cm³/mol. The van der Waals surface area contributed by atoms with Crippen LogP contribution in [0.4, 0.5) is 0 Å². The molecular formula is C14H27IO2. The molecule has 0 fully saturated rings. The molecule has 0 saturated carbocycles. The lowest BCUT2D eigenvalue weighted by Gasteiger charge is -2.20. The van der Waals surface area contributed by atoms with Gasteiger partial charge in [0.2, 0.25) is 0 Å². The summed E-state index contributed by atoms with van der Waals surface area (Å²) in [5.41, 5.74) is 0. The van der Waals surface area contributed by atoms with Crippen LogP contribution >= 0.6 is 22.6 Å². The first kappa shape index (κ1) is 17.4. The Morgan fingerprint density at radius 2 is 1.82 bits per heavy atom. The van der Waals surface area contributed by atoms with Gasteiger partial charge in [-0.25, -0.2) is 0 Å². The molecule has 0 aliphatic carbocycles. The quantitative estimate of drug-likeness (QED) is 0.166. The van der Waals surface area contributed by atoms with Crippen molar-refractivity contribution in [1.29, 1.82) is 0 Å². The summed E-state index contributed by atoms with van der Waals surface area (Å²) in [5, 5.41) is 0. The minimum absolute atomic E-state index is 0.0933. The first-order valence-corrected chi connectivity index (χ1v) is 7.90. The molecule has 2 unspecified atom stereocenters. The Balaban J connectivity index is 3.53. The summed E-state index contributed by atoms with van der Waals surface area (Å²) in [6.45, 7) is 6.46. The van der Waals surface area contributed by atoms with E-state index in [4.69, 9.17) is 9.47 Å². The van der Waals surface area contributed by atoms with Crippen molar-refractivity contribution in [2.45, 2.75) is 62.1 Å². The molecule has 0 aliphatic heterocycles. The largest absolute Gasteiger partial charge is 0.355 e. The number of unbranched alkanes of at least 4 members (excludes halogenated alkanes) is 5. The molecule has 0 aliphatic rings. The van der Waals surface area contributed by atoms with Gasteiger partial charge in [0.15, 0.2) is 6.29 Å². The zero-order chi connectivity index (χ0) is 12.9. The molecule has 0 spiro atoms. The summed E-state index contributed by atoms with van der Waals surface area (Å²) in [6, 6.07) is 0. The topological polar surface area (TPSA) is 18.5 Å². The van der Waals surface area contributed by atoms with E-state index >= 15 is 0 Å². The van der Waals surface area contributed by atoms with Crippen LogP contribution in [0.3, 0.4) is 0 Å². The fraction of sp³-hybridized carbons (Fsp3) is 0.857. The maximum absolute atomic E-state index is 5.55. The molecule has 17 heavy (non-hydrogen) atoms. The van der Waals surface area contributed by atoms with Crippen molar-refractivity contribution in [3.05, 3.63) is 12.7 Å². The molecule has 102 valence electrons. The lowest BCUT2D eigenvalue weighted by Crippen LogP contribution is -2.26. The number of ether oxygens (including phenoxy) is 2. The van der Waals surface area contributed by atoms with E-state index in [0.717, 1.165) is 0 Å². The van der Waals surface area contributed by atoms with Crippen molar-refractivity contribution < 1.29 is 9.47 Å². The standard InChI is InChI=1S/C14H27IO2/c1-4-6-7-8-9-10-11-13(15)14(16-3)17-12-5-2/h5,13-14H,2,4,6-12H2,1,3H3. The van der Waals surface area contributed by atoms with Gasteiger partial charge in [-0.3, -0.25) is 0 Å². The molecule has 0 amide bonds. The number of rotatable bonds is 12. The molecule has 2 nitrogen and oxygen atoms in total. The van der Waals surface area contributed by atoms with Gasteiger partial charge in [0.1, 0.15) is 0 Å². The zero-order valence-electron chi connectivity index (χ0n) is 11.3. The van der Waals surface area contributed by atoms with Gasteiger partial charge in [-0.15, -0.1) is 6.58 Å². The Labute approximate surface area is 120 Å². The molecular weight excluding hydrogens is 327 g/mol. The summed E-state index contributed by atoms with van der Waals surface area (Å²) in [6.07, 6.45) is 10.9. The molecule has 0 aromatic carbocycles. The van der Waals surface area contributed by atoms with Crippen LogP contribution in [-0.4, -0.2) is 23.9 Å². The minimum atomic E-state index is -0.0933. The Hall–Kier alpha value is 0.390. The van der Waals surface area contributed by atoms with E-state index in [1.807, 2.05) is 0 Å². The van der Waals surface area contributed by atoms with E-state index in [1.54, 1.807) is 13.2 Å². The van der Waals surface area contributed by atoms with Gasteiger partial charge in [-0.05, 0) is 6.42 Å². The monoisotopic (exact) mass is 354 g/mol. The number of alkyl halides is 1. The van der Waals surface area contributed by atoms with Crippen molar-refractivity contribution in [3.63, 3.8) is 0 Å². The summed E-state index contributed by atoms with van der Waals surface area (Å²) in [4.78, 5) is 0. The molecule has 0 N–H and O–H groups in total. The smallest absolute Gasteiger partial charge is 0.169 e. The van der Waals surface area contributed by atoms with Crippen LogP contribution in [0, 0.1) is 0 Å². The second-order valence-electron chi connectivity index (χ2n) is 4.30. The molecule has 0 heterocycles. The fourth-order valence-electron chi connectivity index (χ4n) is 1.74. The minimum Gasteiger partial charge on any atom is -0.355 e. The average molecular weight is 354 g/mol. The first-order chi connectivity index (χ1) is 8.26. The first-order valence-electron chi connectivity index (χ1n) is 6.65. The zero-order valence-corrected chi connectivity index (χ0v) is 13.4. The molecule has 3 heteroatoms. The summed E-state index contributed by atoms with van der Waals surface area (Å²) in [5.74, 6) is 0. The normalized spacial score (nSPS) is 14.5. The van der Waals surface area contributed by atoms with Crippen molar-refractivity contribution in [3.8, 4) is 0 Å². The molecule has 0 saturated heterocycles. The highest BCUT2D eigenvalue weighted by molar-refractivity contribution is 14.1. The number of methoxy groups -OCH3 is 1. The maximum atomic E-state index is 5.55. The summed E-state index contributed by atoms with van der Waals surface area (Å²) >= 11 is 2.43. The van der Waals surface area contributed by atoms with Crippen molar-refractivity contribution >= 4 is 22.6 Å². The molecule has 0 bridgehead atoms. The average Bonchev–Trinajstić information content (AvgIpc) is 2.34. The van der Waals surface area contributed by atoms with Crippen LogP contribution in [0.5, 0.6) is 0 Å². The fourth-order valence-corrected chi connectivity index (χ4v) is 2.68. The van der Waals surface area contributed by atoms with E-state index in [2.05, 4.69) is 36.1 Å². The molecule has 0 rings (SSSR count). The van der Waals surface area contributed by atoms with E-state index < -0.39 is 0 Å². The van der Waals surface area contributed by atoms with Crippen molar-refractivity contribution in [2.75, 3.05) is 13.7 Å². The van der Waals surface area contributed by atoms with Gasteiger partial charge in [0.25, 0.3) is 0 Å². The van der Waals surface area contributed by atoms with Gasteiger partial charge in [-0.1, -0.05) is 74.1 Å². The Kier molecular flexibility index (Phi) is 13.1. The Bertz CT molecular complexity index is 174. The van der Waals surface area contributed by atoms with Crippen LogP contribution in [-0.2, 0) is 9.47 Å². The highest BCUT2D eigenvalue weighted by Gasteiger charge is 2.17. The Morgan fingerprint density at radius 1 is 1.18 bits per heavy atom. The van der Waals surface area contributed by atoms with Gasteiger partial charge in [0, 0.05) is 7.11 Å². The summed E-state index contributed by atoms with van der Waals surface area (Å²) < 4.78 is 11.3. The third-order valence-electron chi connectivity index (χ3n) is 2.74. The third-order valence-corrected chi connectivity index (χ3v) is 3.95. The van der Waals surface area contributed by atoms with E-state index in [-0.39, 0.29) is 6.29 Å². The second-order valence-corrected chi connectivity index (χ2v) is 5.90. The van der Waals surface area contributed by atoms with Crippen LogP contribution < -0.4 is 0 Å². The van der Waals surface area contributed by atoms with Crippen LogP contribution in [0.25, 0.3) is 0 Å². The van der Waals surface area contributed by atoms with Crippen LogP contribution in [0.15, 0.2) is 12.7 Å². The van der Waals surface area contributed by atoms with Gasteiger partial charge in [-0.2, -0.15) is 0 Å². The number of hydrogen-bond acceptors (Lipinski definition) is 2. The number of hydrogen-bond donors (Lipinski definition) is 0. The third kappa shape index (κ3) is 10.0. The SMILES string of the molecule is C=CCOC(OC)C(I)CCCCCCCC. The van der Waals surface area contributed by atoms with Gasteiger partial charge in [0.05, 0.1) is 10.5 Å². The molecule has 0 radical (unpaired) electrons. The lowest BCUT2D eigenvalue weighted by molar-refractivity contribution is -0.112. The van der Waals surface area contributed by atoms with Gasteiger partial charge >= 0.3 is 0 Å². The van der Waals surface area contributed by atoms with Crippen molar-refractivity contribution in [2.24, 2.45) is 0 Å². The maximum Gasteiger partial charge on any atom is 0.169 e. The second kappa shape index (κ2) is 12.8. The highest BCUT2D eigenvalue weighted by atomic mass is 127. The summed E-state index contributed by atoms with van der Waals surface area (Å²) in [7, 11) is 1.71. The van der Waals surface area contributed by atoms with Gasteiger partial charge < -0.3 is 9.47 Å². The number of halogens is 1. The molecule has 0 aromatic heterocycles. The van der Waals surface area contributed by atoms with Crippen LogP contribution in [0.1, 0.15) is 51.9 Å².